The van der Waals surface area contributed by atoms with Crippen molar-refractivity contribution in [1.82, 2.24) is 4.90 Å². The van der Waals surface area contributed by atoms with Gasteiger partial charge in [0.25, 0.3) is 0 Å². The number of aliphatic carboxylic acids is 1. The molecule has 1 unspecified atom stereocenters. The van der Waals surface area contributed by atoms with Crippen molar-refractivity contribution < 1.29 is 37.7 Å². The van der Waals surface area contributed by atoms with E-state index >= 15 is 0 Å². The maximum Gasteiger partial charge on any atom is 0.415 e. The second-order valence-corrected chi connectivity index (χ2v) is 9.66. The molecule has 1 atom stereocenters. The third-order valence-corrected chi connectivity index (χ3v) is 6.22. The van der Waals surface area contributed by atoms with Gasteiger partial charge < -0.3 is 24.2 Å². The summed E-state index contributed by atoms with van der Waals surface area (Å²) in [5, 5.41) is 10.3. The van der Waals surface area contributed by atoms with E-state index in [9.17, 15) is 23.5 Å². The maximum absolute atomic E-state index is 13.6. The first-order valence-electron chi connectivity index (χ1n) is 12.6. The lowest BCUT2D eigenvalue weighted by atomic mass is 10.1. The Balaban J connectivity index is 1.60. The molecule has 0 aliphatic carbocycles. The van der Waals surface area contributed by atoms with Gasteiger partial charge in [-0.25, -0.2) is 18.4 Å². The summed E-state index contributed by atoms with van der Waals surface area (Å²) in [5.41, 5.74) is 1.67. The molecular weight excluding hydrogens is 567 g/mol. The van der Waals surface area contributed by atoms with E-state index in [4.69, 9.17) is 37.4 Å². The SMILES string of the molecule is CCOC(Cc1ccc(OCCN(CCCc2cc(Cl)cc(Cl)c2)C(=O)Oc2ccc(F)c(F)c2)cc1)C(=O)O. The van der Waals surface area contributed by atoms with Crippen molar-refractivity contribution in [3.63, 3.8) is 0 Å². The Bertz CT molecular complexity index is 1270. The minimum Gasteiger partial charge on any atom is -0.492 e. The third kappa shape index (κ3) is 9.97. The van der Waals surface area contributed by atoms with E-state index in [-0.39, 0.29) is 31.9 Å². The highest BCUT2D eigenvalue weighted by Gasteiger charge is 2.19. The van der Waals surface area contributed by atoms with Crippen LogP contribution in [0.2, 0.25) is 10.0 Å². The summed E-state index contributed by atoms with van der Waals surface area (Å²) in [4.78, 5) is 25.6. The first-order valence-corrected chi connectivity index (χ1v) is 13.3. The fourth-order valence-electron chi connectivity index (χ4n) is 3.86. The van der Waals surface area contributed by atoms with Gasteiger partial charge in [-0.1, -0.05) is 35.3 Å². The number of aryl methyl sites for hydroxylation is 1. The lowest BCUT2D eigenvalue weighted by molar-refractivity contribution is -0.149. The summed E-state index contributed by atoms with van der Waals surface area (Å²) in [6.45, 7) is 2.57. The highest BCUT2D eigenvalue weighted by Crippen LogP contribution is 2.21. The van der Waals surface area contributed by atoms with Gasteiger partial charge in [-0.3, -0.25) is 0 Å². The van der Waals surface area contributed by atoms with Gasteiger partial charge in [-0.05, 0) is 73.4 Å². The summed E-state index contributed by atoms with van der Waals surface area (Å²) >= 11 is 12.1. The molecule has 0 aliphatic heterocycles. The molecule has 3 aromatic rings. The minimum absolute atomic E-state index is 0.117. The van der Waals surface area contributed by atoms with Crippen LogP contribution in [0.25, 0.3) is 0 Å². The van der Waals surface area contributed by atoms with Crippen molar-refractivity contribution in [1.29, 1.82) is 0 Å². The Morgan fingerprint density at radius 1 is 0.900 bits per heavy atom. The van der Waals surface area contributed by atoms with Crippen LogP contribution in [0.4, 0.5) is 13.6 Å². The molecule has 0 fully saturated rings. The van der Waals surface area contributed by atoms with Crippen LogP contribution in [0.5, 0.6) is 11.5 Å². The molecule has 0 heterocycles. The van der Waals surface area contributed by atoms with E-state index in [0.717, 1.165) is 23.3 Å². The molecule has 11 heteroatoms. The molecule has 0 bridgehead atoms. The summed E-state index contributed by atoms with van der Waals surface area (Å²) in [5.74, 6) is -2.81. The van der Waals surface area contributed by atoms with Crippen LogP contribution in [-0.4, -0.2) is 54.5 Å². The second kappa shape index (κ2) is 15.4. The smallest absolute Gasteiger partial charge is 0.415 e. The maximum atomic E-state index is 13.6. The molecule has 3 rings (SSSR count). The number of hydrogen-bond donors (Lipinski definition) is 1. The average Bonchev–Trinajstić information content (AvgIpc) is 2.90. The van der Waals surface area contributed by atoms with Crippen molar-refractivity contribution >= 4 is 35.3 Å². The molecule has 0 aromatic heterocycles. The quantitative estimate of drug-likeness (QED) is 0.220. The predicted molar refractivity (Wildman–Crippen MR) is 147 cm³/mol. The summed E-state index contributed by atoms with van der Waals surface area (Å²) in [6, 6.07) is 15.0. The van der Waals surface area contributed by atoms with Crippen molar-refractivity contribution in [3.8, 4) is 11.5 Å². The van der Waals surface area contributed by atoms with Crippen molar-refractivity contribution in [2.24, 2.45) is 0 Å². The Hall–Kier alpha value is -3.40. The van der Waals surface area contributed by atoms with Crippen molar-refractivity contribution in [2.75, 3.05) is 26.3 Å². The molecule has 0 saturated carbocycles. The fourth-order valence-corrected chi connectivity index (χ4v) is 4.43. The second-order valence-electron chi connectivity index (χ2n) is 8.79. The summed E-state index contributed by atoms with van der Waals surface area (Å²) in [7, 11) is 0. The first-order chi connectivity index (χ1) is 19.1. The van der Waals surface area contributed by atoms with Crippen LogP contribution >= 0.6 is 23.2 Å². The van der Waals surface area contributed by atoms with E-state index in [0.29, 0.717) is 35.2 Å². The van der Waals surface area contributed by atoms with Crippen molar-refractivity contribution in [2.45, 2.75) is 32.3 Å². The van der Waals surface area contributed by atoms with Crippen LogP contribution in [0.3, 0.4) is 0 Å². The number of benzene rings is 3. The van der Waals surface area contributed by atoms with Gasteiger partial charge in [-0.15, -0.1) is 0 Å². The number of hydrogen-bond acceptors (Lipinski definition) is 5. The number of carbonyl (C=O) groups is 2. The lowest BCUT2D eigenvalue weighted by Gasteiger charge is -2.22. The van der Waals surface area contributed by atoms with Crippen LogP contribution in [0, 0.1) is 11.6 Å². The predicted octanol–water partition coefficient (Wildman–Crippen LogP) is 6.82. The van der Waals surface area contributed by atoms with E-state index in [2.05, 4.69) is 0 Å². The number of halogens is 4. The number of ether oxygens (including phenoxy) is 3. The first kappa shape index (κ1) is 31.1. The Labute approximate surface area is 241 Å². The average molecular weight is 596 g/mol. The molecule has 0 aliphatic rings. The summed E-state index contributed by atoms with van der Waals surface area (Å²) < 4.78 is 43.2. The van der Waals surface area contributed by atoms with E-state index in [1.54, 1.807) is 49.4 Å². The number of carboxylic acids is 1. The van der Waals surface area contributed by atoms with Gasteiger partial charge >= 0.3 is 12.1 Å². The molecule has 1 amide bonds. The van der Waals surface area contributed by atoms with Crippen LogP contribution in [0.1, 0.15) is 24.5 Å². The molecule has 40 heavy (non-hydrogen) atoms. The molecular formula is C29H29Cl2F2NO6. The standard InChI is InChI=1S/C29H29Cl2F2NO6/c1-2-38-27(28(35)36)16-19-5-7-23(8-6-19)39-13-12-34(11-3-4-20-14-21(30)17-22(31)15-20)29(37)40-24-9-10-25(32)26(33)18-24/h5-10,14-15,17-18,27H,2-4,11-13,16H2,1H3,(H,35,36). The Kier molecular flexibility index (Phi) is 12.0. The van der Waals surface area contributed by atoms with Crippen LogP contribution < -0.4 is 9.47 Å². The molecule has 3 aromatic carbocycles. The zero-order valence-corrected chi connectivity index (χ0v) is 23.3. The van der Waals surface area contributed by atoms with Gasteiger partial charge in [0, 0.05) is 35.7 Å². The van der Waals surface area contributed by atoms with Crippen molar-refractivity contribution in [3.05, 3.63) is 93.5 Å². The molecule has 214 valence electrons. The highest BCUT2D eigenvalue weighted by atomic mass is 35.5. The molecule has 1 N–H and O–H groups in total. The van der Waals surface area contributed by atoms with Crippen LogP contribution in [-0.2, 0) is 22.4 Å². The molecule has 0 radical (unpaired) electrons. The van der Waals surface area contributed by atoms with E-state index in [1.165, 1.54) is 11.0 Å². The van der Waals surface area contributed by atoms with Gasteiger partial charge in [0.05, 0.1) is 6.54 Å². The number of carbonyl (C=O) groups excluding carboxylic acids is 1. The number of amides is 1. The highest BCUT2D eigenvalue weighted by molar-refractivity contribution is 6.34. The van der Waals surface area contributed by atoms with E-state index in [1.807, 2.05) is 0 Å². The molecule has 7 nitrogen and oxygen atoms in total. The van der Waals surface area contributed by atoms with Gasteiger partial charge in [0.15, 0.2) is 17.7 Å². The molecule has 0 spiro atoms. The van der Waals surface area contributed by atoms with Crippen LogP contribution in [0.15, 0.2) is 60.7 Å². The lowest BCUT2D eigenvalue weighted by Crippen LogP contribution is -2.37. The number of nitrogens with zero attached hydrogens (tertiary/aromatic N) is 1. The number of carboxylic acid groups (broad SMARTS) is 1. The van der Waals surface area contributed by atoms with Gasteiger partial charge in [0.2, 0.25) is 0 Å². The Morgan fingerprint density at radius 3 is 2.20 bits per heavy atom. The zero-order chi connectivity index (χ0) is 29.1. The monoisotopic (exact) mass is 595 g/mol. The zero-order valence-electron chi connectivity index (χ0n) is 21.7. The topological polar surface area (TPSA) is 85.3 Å². The largest absolute Gasteiger partial charge is 0.492 e. The Morgan fingerprint density at radius 2 is 1.57 bits per heavy atom. The normalized spacial score (nSPS) is 11.6. The molecule has 0 saturated heterocycles. The minimum atomic E-state index is -1.13. The van der Waals surface area contributed by atoms with Gasteiger partial charge in [-0.2, -0.15) is 0 Å². The summed E-state index contributed by atoms with van der Waals surface area (Å²) in [6.07, 6.45) is -0.344. The number of rotatable bonds is 14. The fraction of sp³-hybridized carbons (Fsp3) is 0.310. The third-order valence-electron chi connectivity index (χ3n) is 5.79. The van der Waals surface area contributed by atoms with E-state index < -0.39 is 29.8 Å². The van der Waals surface area contributed by atoms with Gasteiger partial charge in [0.1, 0.15) is 18.1 Å².